The van der Waals surface area contributed by atoms with Crippen LogP contribution in [0.2, 0.25) is 0 Å². The van der Waals surface area contributed by atoms with Gasteiger partial charge in [0.05, 0.1) is 11.3 Å². The van der Waals surface area contributed by atoms with Crippen molar-refractivity contribution in [3.63, 3.8) is 0 Å². The van der Waals surface area contributed by atoms with Crippen molar-refractivity contribution in [1.29, 1.82) is 0 Å². The molecule has 4 aromatic rings. The molecule has 4 aromatic carbocycles. The molecular formula is C38H33FN2O3. The Kier molecular flexibility index (Phi) is 8.33. The van der Waals surface area contributed by atoms with Gasteiger partial charge in [-0.3, -0.25) is 9.79 Å². The Bertz CT molecular complexity index is 1820. The molecule has 220 valence electrons. The molecule has 44 heavy (non-hydrogen) atoms. The van der Waals surface area contributed by atoms with E-state index in [0.29, 0.717) is 46.7 Å². The lowest BCUT2D eigenvalue weighted by Gasteiger charge is -2.16. The smallest absolute Gasteiger partial charge is 0.335 e. The molecule has 0 aromatic heterocycles. The summed E-state index contributed by atoms with van der Waals surface area (Å²) in [5.74, 6) is -1.17. The van der Waals surface area contributed by atoms with Gasteiger partial charge in [-0.1, -0.05) is 72.8 Å². The Hall–Kier alpha value is -5.10. The first-order chi connectivity index (χ1) is 21.4. The quantitative estimate of drug-likeness (QED) is 0.213. The first-order valence-corrected chi connectivity index (χ1v) is 14.9. The van der Waals surface area contributed by atoms with Gasteiger partial charge in [0, 0.05) is 29.5 Å². The number of aliphatic imine (C=N–C) groups is 1. The first kappa shape index (κ1) is 29.0. The highest BCUT2D eigenvalue weighted by molar-refractivity contribution is 6.31. The second kappa shape index (κ2) is 12.6. The van der Waals surface area contributed by atoms with E-state index in [1.165, 1.54) is 11.6 Å². The predicted molar refractivity (Wildman–Crippen MR) is 175 cm³/mol. The van der Waals surface area contributed by atoms with Gasteiger partial charge in [0.1, 0.15) is 5.82 Å². The van der Waals surface area contributed by atoms with E-state index in [0.717, 1.165) is 41.6 Å². The average molecular weight is 585 g/mol. The fourth-order valence-corrected chi connectivity index (χ4v) is 5.95. The highest BCUT2D eigenvalue weighted by atomic mass is 19.1. The molecule has 0 fully saturated rings. The van der Waals surface area contributed by atoms with Gasteiger partial charge in [-0.2, -0.15) is 0 Å². The molecule has 5 nitrogen and oxygen atoms in total. The number of nitrogens with one attached hydrogen (secondary N) is 1. The fraction of sp³-hybridized carbons (Fsp3) is 0.184. The molecule has 0 saturated carbocycles. The summed E-state index contributed by atoms with van der Waals surface area (Å²) in [5, 5.41) is 12.2. The number of hydrogen-bond donors (Lipinski definition) is 2. The minimum absolute atomic E-state index is 0.270. The van der Waals surface area contributed by atoms with Gasteiger partial charge < -0.3 is 10.4 Å². The van der Waals surface area contributed by atoms with Gasteiger partial charge in [0.25, 0.3) is 5.91 Å². The summed E-state index contributed by atoms with van der Waals surface area (Å²) in [5.41, 5.74) is 8.08. The van der Waals surface area contributed by atoms with Gasteiger partial charge in [-0.15, -0.1) is 0 Å². The minimum atomic E-state index is -0.957. The average Bonchev–Trinajstić information content (AvgIpc) is 3.31. The van der Waals surface area contributed by atoms with Crippen LogP contribution in [-0.2, 0) is 11.2 Å². The van der Waals surface area contributed by atoms with Gasteiger partial charge in [-0.25, -0.2) is 9.18 Å². The standard InChI is InChI=1S/C38H33FN2O3/c1-24-8-9-25(21-32(24)38(43)44)5-4-7-31-34-22-33(35(39)23-36(34)41-37(31)42)30-16-14-29(15-17-30)28-12-10-27(11-13-28)26-6-2-3-19-40-20-18-26/h2-3,7-17,19,21-23,26H,4-6,18,20H2,1H3,(H,41,42)(H,43,44). The van der Waals surface area contributed by atoms with Crippen molar-refractivity contribution < 1.29 is 19.1 Å². The number of anilines is 1. The fourth-order valence-electron chi connectivity index (χ4n) is 5.95. The van der Waals surface area contributed by atoms with Crippen LogP contribution in [0.5, 0.6) is 0 Å². The number of carbonyl (C=O) groups excluding carboxylic acids is 1. The molecule has 6 heteroatoms. The van der Waals surface area contributed by atoms with E-state index in [2.05, 4.69) is 40.7 Å². The zero-order chi connectivity index (χ0) is 30.6. The van der Waals surface area contributed by atoms with Crippen LogP contribution in [0.3, 0.4) is 0 Å². The Balaban J connectivity index is 1.19. The monoisotopic (exact) mass is 584 g/mol. The van der Waals surface area contributed by atoms with Gasteiger partial charge in [-0.05, 0) is 96.2 Å². The Labute approximate surface area is 256 Å². The first-order valence-electron chi connectivity index (χ1n) is 14.9. The number of allylic oxidation sites excluding steroid dienone is 3. The van der Waals surface area contributed by atoms with Gasteiger partial charge >= 0.3 is 5.97 Å². The number of aryl methyl sites for hydroxylation is 2. The zero-order valence-corrected chi connectivity index (χ0v) is 24.5. The van der Waals surface area contributed by atoms with Crippen LogP contribution in [0.4, 0.5) is 10.1 Å². The lowest BCUT2D eigenvalue weighted by Crippen LogP contribution is -2.04. The number of carboxylic acids is 1. The molecule has 1 amide bonds. The number of halogens is 1. The largest absolute Gasteiger partial charge is 0.478 e. The SMILES string of the molecule is Cc1ccc(CCC=C2C(=O)Nc3cc(F)c(-c4ccc(-c5ccc(C6CC=CC=NCC6)cc5)cc4)cc32)cc1C(=O)O. The third-order valence-electron chi connectivity index (χ3n) is 8.47. The summed E-state index contributed by atoms with van der Waals surface area (Å²) < 4.78 is 15.3. The molecule has 0 saturated heterocycles. The number of carbonyl (C=O) groups is 2. The minimum Gasteiger partial charge on any atom is -0.478 e. The topological polar surface area (TPSA) is 78.8 Å². The van der Waals surface area contributed by atoms with Crippen LogP contribution in [0.15, 0.2) is 102 Å². The lowest BCUT2D eigenvalue weighted by molar-refractivity contribution is -0.110. The molecule has 0 aliphatic carbocycles. The summed E-state index contributed by atoms with van der Waals surface area (Å²) in [4.78, 5) is 28.7. The van der Waals surface area contributed by atoms with Crippen LogP contribution in [0.1, 0.15) is 57.8 Å². The molecule has 2 N–H and O–H groups in total. The zero-order valence-electron chi connectivity index (χ0n) is 24.5. The Morgan fingerprint density at radius 2 is 1.70 bits per heavy atom. The van der Waals surface area contributed by atoms with E-state index >= 15 is 4.39 Å². The van der Waals surface area contributed by atoms with Crippen LogP contribution in [0.25, 0.3) is 27.8 Å². The Morgan fingerprint density at radius 1 is 0.977 bits per heavy atom. The van der Waals surface area contributed by atoms with E-state index in [4.69, 9.17) is 0 Å². The van der Waals surface area contributed by atoms with Crippen LogP contribution in [0, 0.1) is 12.7 Å². The summed E-state index contributed by atoms with van der Waals surface area (Å²) in [6.45, 7) is 2.60. The number of carboxylic acid groups (broad SMARTS) is 1. The molecule has 2 heterocycles. The predicted octanol–water partition coefficient (Wildman–Crippen LogP) is 8.64. The second-order valence-electron chi connectivity index (χ2n) is 11.3. The molecule has 1 unspecified atom stereocenters. The molecule has 0 radical (unpaired) electrons. The summed E-state index contributed by atoms with van der Waals surface area (Å²) in [7, 11) is 0. The molecule has 1 atom stereocenters. The second-order valence-corrected chi connectivity index (χ2v) is 11.3. The molecule has 6 rings (SSSR count). The number of hydrogen-bond acceptors (Lipinski definition) is 3. The highest BCUT2D eigenvalue weighted by Crippen LogP contribution is 2.38. The maximum Gasteiger partial charge on any atom is 0.335 e. The third kappa shape index (κ3) is 6.16. The number of benzene rings is 4. The van der Waals surface area contributed by atoms with Crippen molar-refractivity contribution in [2.75, 3.05) is 11.9 Å². The van der Waals surface area contributed by atoms with Gasteiger partial charge in [0.15, 0.2) is 0 Å². The maximum atomic E-state index is 15.3. The van der Waals surface area contributed by atoms with Crippen molar-refractivity contribution in [3.8, 4) is 22.3 Å². The van der Waals surface area contributed by atoms with Crippen LogP contribution < -0.4 is 5.32 Å². The molecule has 0 bridgehead atoms. The van der Waals surface area contributed by atoms with Crippen LogP contribution >= 0.6 is 0 Å². The highest BCUT2D eigenvalue weighted by Gasteiger charge is 2.26. The normalized spacial score (nSPS) is 16.8. The van der Waals surface area contributed by atoms with Gasteiger partial charge in [0.2, 0.25) is 0 Å². The van der Waals surface area contributed by atoms with Crippen molar-refractivity contribution in [3.05, 3.63) is 131 Å². The van der Waals surface area contributed by atoms with Crippen molar-refractivity contribution in [1.82, 2.24) is 0 Å². The van der Waals surface area contributed by atoms with Crippen molar-refractivity contribution in [2.45, 2.75) is 38.5 Å². The number of nitrogens with zero attached hydrogens (tertiary/aromatic N) is 1. The van der Waals surface area contributed by atoms with E-state index in [1.807, 2.05) is 48.7 Å². The van der Waals surface area contributed by atoms with Crippen LogP contribution in [-0.4, -0.2) is 29.7 Å². The number of fused-ring (bicyclic) bond motifs is 1. The van der Waals surface area contributed by atoms with E-state index in [-0.39, 0.29) is 11.5 Å². The maximum absolute atomic E-state index is 15.3. The third-order valence-corrected chi connectivity index (χ3v) is 8.47. The molecular weight excluding hydrogens is 551 g/mol. The number of amides is 1. The summed E-state index contributed by atoms with van der Waals surface area (Å²) in [6.07, 6.45) is 11.1. The van der Waals surface area contributed by atoms with Crippen molar-refractivity contribution in [2.24, 2.45) is 4.99 Å². The van der Waals surface area contributed by atoms with Crippen molar-refractivity contribution >= 4 is 29.4 Å². The van der Waals surface area contributed by atoms with E-state index < -0.39 is 11.8 Å². The molecule has 2 aliphatic heterocycles. The van der Waals surface area contributed by atoms with E-state index in [1.54, 1.807) is 25.1 Å². The molecule has 0 spiro atoms. The Morgan fingerprint density at radius 3 is 2.45 bits per heavy atom. The number of aromatic carboxylic acids is 1. The molecule has 2 aliphatic rings. The summed E-state index contributed by atoms with van der Waals surface area (Å²) in [6, 6.07) is 25.0. The number of rotatable bonds is 7. The lowest BCUT2D eigenvalue weighted by atomic mass is 9.90. The summed E-state index contributed by atoms with van der Waals surface area (Å²) >= 11 is 0. The van der Waals surface area contributed by atoms with E-state index in [9.17, 15) is 14.7 Å².